The van der Waals surface area contributed by atoms with Crippen LogP contribution in [0.1, 0.15) is 26.7 Å². The lowest BCUT2D eigenvalue weighted by molar-refractivity contribution is -0.121. The van der Waals surface area contributed by atoms with Gasteiger partial charge in [-0.1, -0.05) is 23.5 Å². The molecular formula is C20H23N3O4S3. The molecule has 0 saturated carbocycles. The monoisotopic (exact) mass is 465 g/mol. The second-order valence-electron chi connectivity index (χ2n) is 6.82. The van der Waals surface area contributed by atoms with Gasteiger partial charge in [-0.25, -0.2) is 8.42 Å². The van der Waals surface area contributed by atoms with Gasteiger partial charge in [0.2, 0.25) is 0 Å². The van der Waals surface area contributed by atoms with Crippen LogP contribution in [0.3, 0.4) is 0 Å². The minimum absolute atomic E-state index is 0.258. The maximum Gasteiger partial charge on any atom is 0.266 e. The maximum atomic E-state index is 13.1. The fraction of sp³-hybridized carbons (Fsp3) is 0.400. The Morgan fingerprint density at radius 2 is 2.10 bits per heavy atom. The molecule has 3 aromatic rings. The van der Waals surface area contributed by atoms with Gasteiger partial charge in [-0.15, -0.1) is 11.3 Å². The quantitative estimate of drug-likeness (QED) is 0.558. The zero-order chi connectivity index (χ0) is 21.3. The molecule has 1 aromatic carbocycles. The predicted molar refractivity (Wildman–Crippen MR) is 118 cm³/mol. The Morgan fingerprint density at radius 3 is 2.80 bits per heavy atom. The highest BCUT2D eigenvalue weighted by atomic mass is 32.2. The van der Waals surface area contributed by atoms with Crippen LogP contribution in [0.2, 0.25) is 0 Å². The third kappa shape index (κ3) is 3.73. The summed E-state index contributed by atoms with van der Waals surface area (Å²) < 4.78 is 36.2. The van der Waals surface area contributed by atoms with Crippen molar-refractivity contribution in [2.45, 2.75) is 43.5 Å². The largest absolute Gasteiger partial charge is 0.492 e. The van der Waals surface area contributed by atoms with Gasteiger partial charge >= 0.3 is 0 Å². The Kier molecular flexibility index (Phi) is 6.10. The number of hydrogen-bond acceptors (Lipinski definition) is 6. The Bertz CT molecular complexity index is 1230. The van der Waals surface area contributed by atoms with Crippen LogP contribution in [0.15, 0.2) is 44.9 Å². The average Bonchev–Trinajstić information content (AvgIpc) is 3.47. The Morgan fingerprint density at radius 1 is 1.27 bits per heavy atom. The van der Waals surface area contributed by atoms with Gasteiger partial charge in [0.1, 0.15) is 21.5 Å². The first-order valence-corrected chi connectivity index (χ1v) is 13.0. The number of fused-ring (bicyclic) bond motifs is 1. The number of carbonyl (C=O) groups is 1. The molecule has 7 nitrogen and oxygen atoms in total. The zero-order valence-electron chi connectivity index (χ0n) is 16.8. The fourth-order valence-corrected chi connectivity index (χ4v) is 7.60. The highest BCUT2D eigenvalue weighted by molar-refractivity contribution is 7.91. The lowest BCUT2D eigenvalue weighted by atomic mass is 10.2. The summed E-state index contributed by atoms with van der Waals surface area (Å²) in [6.45, 7) is 5.42. The lowest BCUT2D eigenvalue weighted by Gasteiger charge is -2.20. The second kappa shape index (κ2) is 8.62. The summed E-state index contributed by atoms with van der Waals surface area (Å²) in [6, 6.07) is 8.31. The highest BCUT2D eigenvalue weighted by Gasteiger charge is 2.39. The summed E-state index contributed by atoms with van der Waals surface area (Å²) in [7, 11) is -3.69. The van der Waals surface area contributed by atoms with Crippen molar-refractivity contribution in [1.82, 2.24) is 8.87 Å². The van der Waals surface area contributed by atoms with E-state index in [2.05, 4.69) is 4.99 Å². The Labute approximate surface area is 183 Å². The number of para-hydroxylation sites is 1. The highest BCUT2D eigenvalue weighted by Crippen LogP contribution is 2.30. The molecule has 160 valence electrons. The van der Waals surface area contributed by atoms with Crippen molar-refractivity contribution in [3.63, 3.8) is 0 Å². The Balaban J connectivity index is 1.74. The number of sulfonamides is 1. The van der Waals surface area contributed by atoms with E-state index in [0.717, 1.165) is 27.3 Å². The van der Waals surface area contributed by atoms with Crippen LogP contribution in [0, 0.1) is 0 Å². The molecule has 1 unspecified atom stereocenters. The van der Waals surface area contributed by atoms with Crippen LogP contribution in [-0.2, 0) is 21.4 Å². The van der Waals surface area contributed by atoms with Crippen molar-refractivity contribution in [2.24, 2.45) is 4.99 Å². The van der Waals surface area contributed by atoms with Gasteiger partial charge in [-0.2, -0.15) is 9.30 Å². The standard InChI is InChI=1S/C20H23N3O4S3/c1-3-22-18-15(27-4-2)9-5-10-16(18)29-20(22)21-19(24)14-8-6-12-23(14)30(25,26)17-11-7-13-28-17/h5,7,9-11,13-14H,3-4,6,8,12H2,1-2H3. The van der Waals surface area contributed by atoms with E-state index in [1.54, 1.807) is 17.5 Å². The molecule has 1 aliphatic rings. The van der Waals surface area contributed by atoms with E-state index < -0.39 is 22.0 Å². The van der Waals surface area contributed by atoms with Gasteiger partial charge in [0.25, 0.3) is 15.9 Å². The molecule has 1 atom stereocenters. The van der Waals surface area contributed by atoms with Crippen LogP contribution in [-0.4, -0.2) is 42.4 Å². The number of thiazole rings is 1. The minimum Gasteiger partial charge on any atom is -0.492 e. The minimum atomic E-state index is -3.69. The molecule has 0 spiro atoms. The van der Waals surface area contributed by atoms with Crippen molar-refractivity contribution in [1.29, 1.82) is 0 Å². The molecule has 3 heterocycles. The van der Waals surface area contributed by atoms with Crippen LogP contribution in [0.4, 0.5) is 0 Å². The molecule has 0 N–H and O–H groups in total. The number of rotatable bonds is 6. The molecular weight excluding hydrogens is 442 g/mol. The SMILES string of the molecule is CCOc1cccc2sc(=NC(=O)C3CCCN3S(=O)(=O)c3cccs3)n(CC)c12. The molecule has 10 heteroatoms. The summed E-state index contributed by atoms with van der Waals surface area (Å²) in [4.78, 5) is 18.0. The van der Waals surface area contributed by atoms with E-state index in [-0.39, 0.29) is 4.21 Å². The molecule has 1 saturated heterocycles. The number of thiophene rings is 1. The van der Waals surface area contributed by atoms with Crippen molar-refractivity contribution >= 4 is 48.8 Å². The van der Waals surface area contributed by atoms with E-state index in [0.29, 0.717) is 37.3 Å². The normalized spacial score (nSPS) is 18.3. The van der Waals surface area contributed by atoms with E-state index in [1.165, 1.54) is 15.6 Å². The molecule has 0 aliphatic carbocycles. The smallest absolute Gasteiger partial charge is 0.266 e. The number of nitrogens with zero attached hydrogens (tertiary/aromatic N) is 3. The molecule has 2 aromatic heterocycles. The van der Waals surface area contributed by atoms with Crippen LogP contribution < -0.4 is 9.54 Å². The van der Waals surface area contributed by atoms with E-state index >= 15 is 0 Å². The van der Waals surface area contributed by atoms with Gasteiger partial charge < -0.3 is 9.30 Å². The molecule has 1 aliphatic heterocycles. The third-order valence-corrected chi connectivity index (χ3v) is 9.36. The number of aromatic nitrogens is 1. The first-order chi connectivity index (χ1) is 14.5. The van der Waals surface area contributed by atoms with E-state index in [9.17, 15) is 13.2 Å². The first kappa shape index (κ1) is 21.2. The molecule has 30 heavy (non-hydrogen) atoms. The van der Waals surface area contributed by atoms with Crippen LogP contribution in [0.25, 0.3) is 10.2 Å². The van der Waals surface area contributed by atoms with Gasteiger partial charge in [-0.3, -0.25) is 4.79 Å². The van der Waals surface area contributed by atoms with Crippen LogP contribution >= 0.6 is 22.7 Å². The third-order valence-electron chi connectivity index (χ3n) is 5.03. The zero-order valence-corrected chi connectivity index (χ0v) is 19.2. The van der Waals surface area contributed by atoms with Crippen molar-refractivity contribution < 1.29 is 17.9 Å². The topological polar surface area (TPSA) is 81.0 Å². The number of aryl methyl sites for hydroxylation is 1. The molecule has 1 amide bonds. The first-order valence-electron chi connectivity index (χ1n) is 9.86. The number of hydrogen-bond donors (Lipinski definition) is 0. The molecule has 1 fully saturated rings. The van der Waals surface area contributed by atoms with Gasteiger partial charge in [-0.05, 0) is 50.3 Å². The molecule has 0 bridgehead atoms. The number of benzene rings is 1. The fourth-order valence-electron chi connectivity index (χ4n) is 3.72. The van der Waals surface area contributed by atoms with Crippen LogP contribution in [0.5, 0.6) is 5.75 Å². The molecule has 4 rings (SSSR count). The number of carbonyl (C=O) groups excluding carboxylic acids is 1. The lowest BCUT2D eigenvalue weighted by Crippen LogP contribution is -2.40. The van der Waals surface area contributed by atoms with Gasteiger partial charge in [0.05, 0.1) is 11.3 Å². The summed E-state index contributed by atoms with van der Waals surface area (Å²) in [6.07, 6.45) is 1.12. The molecule has 0 radical (unpaired) electrons. The summed E-state index contributed by atoms with van der Waals surface area (Å²) in [5, 5.41) is 1.72. The summed E-state index contributed by atoms with van der Waals surface area (Å²) in [5.74, 6) is 0.337. The van der Waals surface area contributed by atoms with E-state index in [1.807, 2.05) is 36.6 Å². The summed E-state index contributed by atoms with van der Waals surface area (Å²) >= 11 is 2.57. The second-order valence-corrected chi connectivity index (χ2v) is 10.9. The van der Waals surface area contributed by atoms with E-state index in [4.69, 9.17) is 4.74 Å². The van der Waals surface area contributed by atoms with Crippen molar-refractivity contribution in [3.05, 3.63) is 40.5 Å². The van der Waals surface area contributed by atoms with Crippen molar-refractivity contribution in [3.8, 4) is 5.75 Å². The van der Waals surface area contributed by atoms with Crippen molar-refractivity contribution in [2.75, 3.05) is 13.2 Å². The average molecular weight is 466 g/mol. The predicted octanol–water partition coefficient (Wildman–Crippen LogP) is 3.46. The van der Waals surface area contributed by atoms with Gasteiger partial charge in [0, 0.05) is 13.1 Å². The number of amides is 1. The Hall–Kier alpha value is -2.01. The van der Waals surface area contributed by atoms with Gasteiger partial charge in [0.15, 0.2) is 4.80 Å². The summed E-state index contributed by atoms with van der Waals surface area (Å²) in [5.41, 5.74) is 0.910. The maximum absolute atomic E-state index is 13.1. The number of ether oxygens (including phenoxy) is 1.